The lowest BCUT2D eigenvalue weighted by Crippen LogP contribution is -2.17. The van der Waals surface area contributed by atoms with Crippen molar-refractivity contribution in [2.75, 3.05) is 11.1 Å². The Balaban J connectivity index is 1.89. The fourth-order valence-electron chi connectivity index (χ4n) is 2.03. The second kappa shape index (κ2) is 6.80. The zero-order valence-corrected chi connectivity index (χ0v) is 13.2. The van der Waals surface area contributed by atoms with Crippen LogP contribution < -0.4 is 11.1 Å². The molecule has 100 valence electrons. The largest absolute Gasteiger partial charge is 0.397 e. The summed E-state index contributed by atoms with van der Waals surface area (Å²) in [4.78, 5) is 0. The van der Waals surface area contributed by atoms with Gasteiger partial charge in [-0.3, -0.25) is 0 Å². The fraction of sp³-hybridized carbons (Fsp3) is 0.250. The number of halogens is 1. The Morgan fingerprint density at radius 3 is 2.58 bits per heavy atom. The summed E-state index contributed by atoms with van der Waals surface area (Å²) < 4.78 is 1.16. The number of nitrogens with one attached hydrogen (secondary N) is 1. The zero-order chi connectivity index (χ0) is 13.7. The first-order valence-corrected chi connectivity index (χ1v) is 7.58. The van der Waals surface area contributed by atoms with Gasteiger partial charge in [0.25, 0.3) is 0 Å². The summed E-state index contributed by atoms with van der Waals surface area (Å²) >= 11 is 2.27. The van der Waals surface area contributed by atoms with E-state index in [0.29, 0.717) is 6.04 Å². The maximum absolute atomic E-state index is 6.01. The number of nitrogens with two attached hydrogens (primary N) is 1. The molecule has 2 aromatic rings. The van der Waals surface area contributed by atoms with E-state index in [9.17, 15) is 0 Å². The van der Waals surface area contributed by atoms with E-state index >= 15 is 0 Å². The highest BCUT2D eigenvalue weighted by molar-refractivity contribution is 14.1. The van der Waals surface area contributed by atoms with Crippen LogP contribution in [0.2, 0.25) is 0 Å². The smallest absolute Gasteiger partial charge is 0.0576 e. The van der Waals surface area contributed by atoms with Crippen LogP contribution in [0.1, 0.15) is 18.9 Å². The summed E-state index contributed by atoms with van der Waals surface area (Å²) in [5, 5.41) is 3.48. The van der Waals surface area contributed by atoms with Crippen molar-refractivity contribution in [1.29, 1.82) is 0 Å². The highest BCUT2D eigenvalue weighted by Crippen LogP contribution is 2.22. The van der Waals surface area contributed by atoms with Crippen molar-refractivity contribution >= 4 is 34.0 Å². The third kappa shape index (κ3) is 4.42. The van der Waals surface area contributed by atoms with Gasteiger partial charge in [0.2, 0.25) is 0 Å². The van der Waals surface area contributed by atoms with Crippen LogP contribution in [0.3, 0.4) is 0 Å². The van der Waals surface area contributed by atoms with Crippen molar-refractivity contribution in [2.24, 2.45) is 0 Å². The fourth-order valence-corrected chi connectivity index (χ4v) is 2.55. The number of rotatable bonds is 5. The second-order valence-corrected chi connectivity index (χ2v) is 6.05. The van der Waals surface area contributed by atoms with Gasteiger partial charge in [0.15, 0.2) is 0 Å². The maximum Gasteiger partial charge on any atom is 0.0576 e. The van der Waals surface area contributed by atoms with E-state index in [2.05, 4.69) is 77.3 Å². The topological polar surface area (TPSA) is 38.0 Å². The standard InChI is InChI=1S/C16H19IN2/c1-12(7-8-13-5-3-2-4-6-13)19-16-10-9-14(17)11-15(16)18/h2-6,9-12,19H,7-8,18H2,1H3. The van der Waals surface area contributed by atoms with Crippen molar-refractivity contribution in [3.63, 3.8) is 0 Å². The summed E-state index contributed by atoms with van der Waals surface area (Å²) in [6, 6.07) is 17.1. The molecule has 0 saturated carbocycles. The van der Waals surface area contributed by atoms with Crippen molar-refractivity contribution in [3.05, 3.63) is 57.7 Å². The van der Waals surface area contributed by atoms with Gasteiger partial charge >= 0.3 is 0 Å². The summed E-state index contributed by atoms with van der Waals surface area (Å²) in [5.74, 6) is 0. The van der Waals surface area contributed by atoms with Gasteiger partial charge in [0.05, 0.1) is 11.4 Å². The zero-order valence-electron chi connectivity index (χ0n) is 11.1. The van der Waals surface area contributed by atoms with E-state index in [-0.39, 0.29) is 0 Å². The lowest BCUT2D eigenvalue weighted by molar-refractivity contribution is 0.706. The molecule has 19 heavy (non-hydrogen) atoms. The Bertz CT molecular complexity index is 526. The van der Waals surface area contributed by atoms with Crippen LogP contribution in [0, 0.1) is 3.57 Å². The summed E-state index contributed by atoms with van der Waals surface area (Å²) in [7, 11) is 0. The Morgan fingerprint density at radius 2 is 1.89 bits per heavy atom. The van der Waals surface area contributed by atoms with Gasteiger partial charge in [0.1, 0.15) is 0 Å². The number of nitrogen functional groups attached to an aromatic ring is 1. The molecule has 0 saturated heterocycles. The van der Waals surface area contributed by atoms with Crippen LogP contribution >= 0.6 is 22.6 Å². The Hall–Kier alpha value is -1.23. The van der Waals surface area contributed by atoms with Crippen LogP contribution in [0.5, 0.6) is 0 Å². The Morgan fingerprint density at radius 1 is 1.16 bits per heavy atom. The molecule has 2 nitrogen and oxygen atoms in total. The average Bonchev–Trinajstić information content (AvgIpc) is 2.41. The van der Waals surface area contributed by atoms with Gasteiger partial charge in [-0.1, -0.05) is 30.3 Å². The molecule has 0 aromatic heterocycles. The molecule has 0 aliphatic heterocycles. The van der Waals surface area contributed by atoms with E-state index in [1.807, 2.05) is 6.07 Å². The van der Waals surface area contributed by atoms with Gasteiger partial charge in [-0.05, 0) is 66.1 Å². The van der Waals surface area contributed by atoms with E-state index in [0.717, 1.165) is 27.8 Å². The Kier molecular flexibility index (Phi) is 5.07. The molecule has 0 heterocycles. The SMILES string of the molecule is CC(CCc1ccccc1)Nc1ccc(I)cc1N. The Labute approximate surface area is 128 Å². The summed E-state index contributed by atoms with van der Waals surface area (Å²) in [6.07, 6.45) is 2.18. The van der Waals surface area contributed by atoms with E-state index in [4.69, 9.17) is 5.73 Å². The van der Waals surface area contributed by atoms with Crippen LogP contribution in [0.25, 0.3) is 0 Å². The number of hydrogen-bond donors (Lipinski definition) is 2. The van der Waals surface area contributed by atoms with Crippen molar-refractivity contribution in [3.8, 4) is 0 Å². The molecule has 3 N–H and O–H groups in total. The summed E-state index contributed by atoms with van der Waals surface area (Å²) in [6.45, 7) is 2.19. The lowest BCUT2D eigenvalue weighted by atomic mass is 10.1. The second-order valence-electron chi connectivity index (χ2n) is 4.80. The molecule has 0 fully saturated rings. The molecule has 1 atom stereocenters. The molecule has 0 aliphatic carbocycles. The first-order valence-electron chi connectivity index (χ1n) is 6.50. The molecule has 0 spiro atoms. The lowest BCUT2D eigenvalue weighted by Gasteiger charge is -2.17. The van der Waals surface area contributed by atoms with Crippen LogP contribution in [0.15, 0.2) is 48.5 Å². The highest BCUT2D eigenvalue weighted by Gasteiger charge is 2.05. The van der Waals surface area contributed by atoms with Gasteiger partial charge in [0, 0.05) is 9.61 Å². The van der Waals surface area contributed by atoms with Crippen LogP contribution in [-0.2, 0) is 6.42 Å². The normalized spacial score (nSPS) is 12.1. The molecule has 0 amide bonds. The van der Waals surface area contributed by atoms with Gasteiger partial charge in [-0.15, -0.1) is 0 Å². The molecule has 0 bridgehead atoms. The molecule has 0 aliphatic rings. The van der Waals surface area contributed by atoms with Gasteiger partial charge < -0.3 is 11.1 Å². The number of aryl methyl sites for hydroxylation is 1. The number of anilines is 2. The van der Waals surface area contributed by atoms with Crippen molar-refractivity contribution < 1.29 is 0 Å². The molecule has 1 unspecified atom stereocenters. The minimum Gasteiger partial charge on any atom is -0.397 e. The monoisotopic (exact) mass is 366 g/mol. The van der Waals surface area contributed by atoms with Crippen molar-refractivity contribution in [2.45, 2.75) is 25.8 Å². The minimum absolute atomic E-state index is 0.405. The molecule has 0 radical (unpaired) electrons. The highest BCUT2D eigenvalue weighted by atomic mass is 127. The third-order valence-corrected chi connectivity index (χ3v) is 3.80. The predicted octanol–water partition coefficient (Wildman–Crippen LogP) is 4.31. The molecule has 2 rings (SSSR count). The molecular formula is C16H19IN2. The number of hydrogen-bond acceptors (Lipinski definition) is 2. The van der Waals surface area contributed by atoms with E-state index < -0.39 is 0 Å². The van der Waals surface area contributed by atoms with E-state index in [1.54, 1.807) is 0 Å². The van der Waals surface area contributed by atoms with Gasteiger partial charge in [-0.25, -0.2) is 0 Å². The van der Waals surface area contributed by atoms with Gasteiger partial charge in [-0.2, -0.15) is 0 Å². The van der Waals surface area contributed by atoms with Crippen molar-refractivity contribution in [1.82, 2.24) is 0 Å². The number of benzene rings is 2. The van der Waals surface area contributed by atoms with E-state index in [1.165, 1.54) is 5.56 Å². The first kappa shape index (κ1) is 14.2. The minimum atomic E-state index is 0.405. The van der Waals surface area contributed by atoms with Crippen LogP contribution in [-0.4, -0.2) is 6.04 Å². The summed E-state index contributed by atoms with van der Waals surface area (Å²) in [5.41, 5.74) is 9.24. The molecule has 2 aromatic carbocycles. The predicted molar refractivity (Wildman–Crippen MR) is 91.4 cm³/mol. The average molecular weight is 366 g/mol. The van der Waals surface area contributed by atoms with Crippen LogP contribution in [0.4, 0.5) is 11.4 Å². The first-order chi connectivity index (χ1) is 9.15. The maximum atomic E-state index is 6.01. The molecular weight excluding hydrogens is 347 g/mol. The quantitative estimate of drug-likeness (QED) is 0.612. The third-order valence-electron chi connectivity index (χ3n) is 3.12. The molecule has 3 heteroatoms.